The minimum absolute atomic E-state index is 0.180. The molecule has 0 aromatic carbocycles. The molecular weight excluding hydrogens is 368 g/mol. The number of ether oxygens (including phenoxy) is 4. The predicted octanol–water partition coefficient (Wildman–Crippen LogP) is -0.365. The zero-order valence-corrected chi connectivity index (χ0v) is 15.3. The molecule has 11 heteroatoms. The summed E-state index contributed by atoms with van der Waals surface area (Å²) in [6.07, 6.45) is -0.470. The van der Waals surface area contributed by atoms with Gasteiger partial charge in [-0.3, -0.25) is 23.9 Å². The molecule has 144 valence electrons. The Morgan fingerprint density at radius 2 is 2.00 bits per heavy atom. The number of H-pyrrole nitrogens is 1. The second kappa shape index (κ2) is 9.01. The number of hydrogen-bond acceptors (Lipinski definition) is 9. The average Bonchev–Trinajstić information content (AvgIpc) is 2.87. The Balaban J connectivity index is 2.36. The molecule has 1 saturated heterocycles. The van der Waals surface area contributed by atoms with E-state index in [1.54, 1.807) is 0 Å². The lowest BCUT2D eigenvalue weighted by Gasteiger charge is -2.24. The first-order valence-corrected chi connectivity index (χ1v) is 9.11. The Morgan fingerprint density at radius 1 is 1.27 bits per heavy atom. The lowest BCUT2D eigenvalue weighted by molar-refractivity contribution is -0.158. The van der Waals surface area contributed by atoms with E-state index >= 15 is 0 Å². The number of aromatic amines is 1. The normalized spacial score (nSPS) is 25.0. The van der Waals surface area contributed by atoms with Crippen LogP contribution in [0.2, 0.25) is 0 Å². The molecule has 2 heterocycles. The van der Waals surface area contributed by atoms with Crippen LogP contribution in [0.4, 0.5) is 0 Å². The second-order valence-electron chi connectivity index (χ2n) is 5.50. The first-order valence-electron chi connectivity index (χ1n) is 7.71. The van der Waals surface area contributed by atoms with Crippen molar-refractivity contribution in [1.82, 2.24) is 9.55 Å². The third-order valence-corrected chi connectivity index (χ3v) is 3.91. The van der Waals surface area contributed by atoms with Crippen LogP contribution < -0.4 is 11.2 Å². The van der Waals surface area contributed by atoms with Crippen LogP contribution in [0.3, 0.4) is 0 Å². The van der Waals surface area contributed by atoms with Crippen molar-refractivity contribution in [2.75, 3.05) is 18.8 Å². The van der Waals surface area contributed by atoms with Gasteiger partial charge in [-0.1, -0.05) is 0 Å². The Labute approximate surface area is 152 Å². The van der Waals surface area contributed by atoms with Crippen LogP contribution in [0.1, 0.15) is 20.1 Å². The maximum Gasteiger partial charge on any atom is 0.330 e. The zero-order chi connectivity index (χ0) is 19.3. The van der Waals surface area contributed by atoms with E-state index in [0.29, 0.717) is 0 Å². The smallest absolute Gasteiger partial charge is 0.330 e. The highest BCUT2D eigenvalue weighted by Crippen LogP contribution is 2.33. The number of rotatable bonds is 7. The number of nitrogens with one attached hydrogen (secondary N) is 1. The van der Waals surface area contributed by atoms with Gasteiger partial charge in [0.05, 0.1) is 5.94 Å². The van der Waals surface area contributed by atoms with Crippen molar-refractivity contribution < 1.29 is 28.5 Å². The average molecular weight is 388 g/mol. The molecule has 0 bridgehead atoms. The van der Waals surface area contributed by atoms with Gasteiger partial charge in [0.1, 0.15) is 18.8 Å². The first kappa shape index (κ1) is 20.2. The highest BCUT2D eigenvalue weighted by atomic mass is 32.2. The van der Waals surface area contributed by atoms with Gasteiger partial charge in [-0.2, -0.15) is 0 Å². The Bertz CT molecular complexity index is 761. The quantitative estimate of drug-likeness (QED) is 0.492. The second-order valence-corrected chi connectivity index (χ2v) is 6.31. The molecule has 26 heavy (non-hydrogen) atoms. The van der Waals surface area contributed by atoms with E-state index in [2.05, 4.69) is 4.98 Å². The molecule has 0 saturated carbocycles. The Morgan fingerprint density at radius 3 is 2.58 bits per heavy atom. The topological polar surface area (TPSA) is 126 Å². The van der Waals surface area contributed by atoms with Crippen LogP contribution in [0.25, 0.3) is 0 Å². The molecule has 0 amide bonds. The fraction of sp³-hybridized carbons (Fsp3) is 0.600. The van der Waals surface area contributed by atoms with E-state index in [4.69, 9.17) is 18.9 Å². The number of carbonyl (C=O) groups excluding carboxylic acids is 2. The van der Waals surface area contributed by atoms with Crippen molar-refractivity contribution in [2.24, 2.45) is 0 Å². The van der Waals surface area contributed by atoms with Crippen molar-refractivity contribution in [3.05, 3.63) is 33.1 Å². The van der Waals surface area contributed by atoms with Crippen LogP contribution >= 0.6 is 11.8 Å². The summed E-state index contributed by atoms with van der Waals surface area (Å²) in [4.78, 5) is 48.2. The number of nitrogens with zero attached hydrogens (tertiary/aromatic N) is 1. The Hall–Kier alpha value is -2.11. The third kappa shape index (κ3) is 4.96. The summed E-state index contributed by atoms with van der Waals surface area (Å²) in [5.74, 6) is -0.846. The maximum atomic E-state index is 12.1. The molecule has 0 aliphatic carbocycles. The molecule has 1 aromatic heterocycles. The predicted molar refractivity (Wildman–Crippen MR) is 90.7 cm³/mol. The number of aromatic nitrogens is 2. The summed E-state index contributed by atoms with van der Waals surface area (Å²) >= 11 is 1.38. The van der Waals surface area contributed by atoms with Crippen LogP contribution in [0.5, 0.6) is 0 Å². The van der Waals surface area contributed by atoms with Crippen molar-refractivity contribution in [1.29, 1.82) is 0 Å². The van der Waals surface area contributed by atoms with Crippen LogP contribution in [0.15, 0.2) is 21.9 Å². The molecular formula is C15H20N2O8S. The summed E-state index contributed by atoms with van der Waals surface area (Å²) in [7, 11) is 0. The highest BCUT2D eigenvalue weighted by molar-refractivity contribution is 7.98. The van der Waals surface area contributed by atoms with E-state index in [0.717, 1.165) is 10.6 Å². The van der Waals surface area contributed by atoms with E-state index in [1.807, 2.05) is 6.26 Å². The molecule has 1 aromatic rings. The first-order chi connectivity index (χ1) is 12.3. The molecule has 0 spiro atoms. The SMILES string of the molecule is CSCO[C@@H]1[C@H](OC(C)=O)C(COC(C)=O)O[C@H]1n1ccc(=O)[nH]c1=O. The van der Waals surface area contributed by atoms with Crippen LogP contribution in [-0.2, 0) is 28.5 Å². The number of esters is 2. The lowest BCUT2D eigenvalue weighted by Crippen LogP contribution is -2.41. The third-order valence-electron chi connectivity index (χ3n) is 3.54. The van der Waals surface area contributed by atoms with Gasteiger partial charge < -0.3 is 18.9 Å². The Kier molecular flexibility index (Phi) is 7.00. The molecule has 1 unspecified atom stereocenters. The monoisotopic (exact) mass is 388 g/mol. The minimum Gasteiger partial charge on any atom is -0.463 e. The number of thioether (sulfide) groups is 1. The summed E-state index contributed by atoms with van der Waals surface area (Å²) in [6, 6.07) is 1.16. The number of carbonyl (C=O) groups is 2. The molecule has 1 aliphatic rings. The molecule has 1 N–H and O–H groups in total. The summed E-state index contributed by atoms with van der Waals surface area (Å²) in [5, 5.41) is 0. The van der Waals surface area contributed by atoms with Gasteiger partial charge in [0.25, 0.3) is 5.56 Å². The van der Waals surface area contributed by atoms with Gasteiger partial charge in [-0.25, -0.2) is 4.79 Å². The van der Waals surface area contributed by atoms with Crippen molar-refractivity contribution in [3.8, 4) is 0 Å². The lowest BCUT2D eigenvalue weighted by atomic mass is 10.1. The fourth-order valence-electron chi connectivity index (χ4n) is 2.55. The van der Waals surface area contributed by atoms with E-state index in [-0.39, 0.29) is 12.5 Å². The molecule has 1 aliphatic heterocycles. The van der Waals surface area contributed by atoms with Gasteiger partial charge in [0.2, 0.25) is 0 Å². The van der Waals surface area contributed by atoms with Crippen LogP contribution in [0, 0.1) is 0 Å². The fourth-order valence-corrected chi connectivity index (χ4v) is 2.84. The highest BCUT2D eigenvalue weighted by Gasteiger charge is 2.49. The molecule has 2 rings (SSSR count). The van der Waals surface area contributed by atoms with Gasteiger partial charge in [-0.05, 0) is 6.26 Å². The zero-order valence-electron chi connectivity index (χ0n) is 14.5. The van der Waals surface area contributed by atoms with E-state index < -0.39 is 47.7 Å². The van der Waals surface area contributed by atoms with Gasteiger partial charge in [0, 0.05) is 26.1 Å². The van der Waals surface area contributed by atoms with Crippen molar-refractivity contribution >= 4 is 23.7 Å². The number of hydrogen-bond donors (Lipinski definition) is 1. The van der Waals surface area contributed by atoms with E-state index in [9.17, 15) is 19.2 Å². The summed E-state index contributed by atoms with van der Waals surface area (Å²) in [5.41, 5.74) is -1.26. The molecule has 10 nitrogen and oxygen atoms in total. The van der Waals surface area contributed by atoms with Crippen molar-refractivity contribution in [2.45, 2.75) is 38.4 Å². The molecule has 4 atom stereocenters. The van der Waals surface area contributed by atoms with Gasteiger partial charge in [0.15, 0.2) is 12.3 Å². The van der Waals surface area contributed by atoms with Gasteiger partial charge in [-0.15, -0.1) is 11.8 Å². The van der Waals surface area contributed by atoms with Crippen LogP contribution in [-0.4, -0.2) is 58.6 Å². The molecule has 1 fully saturated rings. The summed E-state index contributed by atoms with van der Waals surface area (Å²) < 4.78 is 22.9. The summed E-state index contributed by atoms with van der Waals surface area (Å²) in [6.45, 7) is 2.29. The largest absolute Gasteiger partial charge is 0.463 e. The van der Waals surface area contributed by atoms with E-state index in [1.165, 1.54) is 31.8 Å². The minimum atomic E-state index is -0.976. The van der Waals surface area contributed by atoms with Crippen molar-refractivity contribution in [3.63, 3.8) is 0 Å². The van der Waals surface area contributed by atoms with Gasteiger partial charge >= 0.3 is 17.6 Å². The maximum absolute atomic E-state index is 12.1. The standard InChI is InChI=1S/C15H20N2O8S/c1-8(18)22-6-10-12(24-9(2)19)13(23-7-26-3)14(25-10)17-5-4-11(20)16-15(17)21/h4-5,10,12-14H,6-7H2,1-3H3,(H,16,20,21)/t10?,12-,13-,14-/m1/s1. The molecule has 0 radical (unpaired) electrons.